The molecular formula is C16H18N8O2. The van der Waals surface area contributed by atoms with E-state index in [9.17, 15) is 4.79 Å². The molecule has 0 unspecified atom stereocenters. The molecule has 10 heteroatoms. The number of carbonyl (C=O) groups is 1. The number of tetrazole rings is 1. The maximum atomic E-state index is 12.9. The molecule has 1 aliphatic rings. The second-order valence-corrected chi connectivity index (χ2v) is 5.99. The maximum absolute atomic E-state index is 12.9. The number of aliphatic hydroxyl groups is 1. The lowest BCUT2D eigenvalue weighted by molar-refractivity contribution is 0.0763. The molecule has 0 atom stereocenters. The molecule has 0 fully saturated rings. The van der Waals surface area contributed by atoms with Crippen LogP contribution in [0.3, 0.4) is 0 Å². The van der Waals surface area contributed by atoms with Crippen molar-refractivity contribution in [2.45, 2.75) is 12.8 Å². The average molecular weight is 354 g/mol. The predicted molar refractivity (Wildman–Crippen MR) is 91.7 cm³/mol. The zero-order chi connectivity index (χ0) is 17.9. The summed E-state index contributed by atoms with van der Waals surface area (Å²) in [5, 5.41) is 23.4. The number of aliphatic hydroxyl groups excluding tert-OH is 1. The highest BCUT2D eigenvalue weighted by Gasteiger charge is 2.23. The predicted octanol–water partition coefficient (Wildman–Crippen LogP) is -0.441. The lowest BCUT2D eigenvalue weighted by Gasteiger charge is -2.20. The normalized spacial score (nSPS) is 14.1. The lowest BCUT2D eigenvalue weighted by Crippen LogP contribution is -2.33. The molecule has 0 saturated carbocycles. The minimum atomic E-state index is -0.0545. The van der Waals surface area contributed by atoms with Crippen LogP contribution in [0.1, 0.15) is 21.6 Å². The van der Waals surface area contributed by atoms with E-state index in [1.807, 2.05) is 4.90 Å². The Morgan fingerprint density at radius 3 is 3.04 bits per heavy atom. The summed E-state index contributed by atoms with van der Waals surface area (Å²) in [5.74, 6) is 0.676. The van der Waals surface area contributed by atoms with E-state index >= 15 is 0 Å². The number of nitrogens with one attached hydrogen (secondary N) is 1. The average Bonchev–Trinajstić information content (AvgIpc) is 3.03. The first-order valence-corrected chi connectivity index (χ1v) is 8.41. The van der Waals surface area contributed by atoms with Gasteiger partial charge in [-0.05, 0) is 29.0 Å². The van der Waals surface area contributed by atoms with E-state index in [1.165, 1.54) is 10.8 Å². The van der Waals surface area contributed by atoms with Crippen LogP contribution < -0.4 is 5.32 Å². The van der Waals surface area contributed by atoms with Crippen molar-refractivity contribution >= 4 is 17.4 Å². The molecule has 26 heavy (non-hydrogen) atoms. The van der Waals surface area contributed by atoms with Crippen LogP contribution in [0.4, 0.5) is 5.82 Å². The highest BCUT2D eigenvalue weighted by Crippen LogP contribution is 2.21. The number of hydrogen-bond donors (Lipinski definition) is 2. The number of anilines is 1. The van der Waals surface area contributed by atoms with Crippen LogP contribution >= 0.6 is 0 Å². The fraction of sp³-hybridized carbons (Fsp3) is 0.375. The van der Waals surface area contributed by atoms with Gasteiger partial charge in [-0.15, -0.1) is 5.10 Å². The van der Waals surface area contributed by atoms with Gasteiger partial charge in [0.05, 0.1) is 12.3 Å². The molecule has 10 nitrogen and oxygen atoms in total. The van der Waals surface area contributed by atoms with Gasteiger partial charge in [0.25, 0.3) is 5.91 Å². The highest BCUT2D eigenvalue weighted by atomic mass is 16.3. The molecule has 0 aliphatic carbocycles. The van der Waals surface area contributed by atoms with Crippen LogP contribution in [0.15, 0.2) is 24.7 Å². The van der Waals surface area contributed by atoms with Gasteiger partial charge in [0.2, 0.25) is 0 Å². The highest BCUT2D eigenvalue weighted by molar-refractivity contribution is 5.95. The van der Waals surface area contributed by atoms with Crippen molar-refractivity contribution < 1.29 is 9.90 Å². The van der Waals surface area contributed by atoms with E-state index in [0.29, 0.717) is 43.7 Å². The van der Waals surface area contributed by atoms with Crippen LogP contribution in [0.2, 0.25) is 0 Å². The third-order valence-corrected chi connectivity index (χ3v) is 4.42. The van der Waals surface area contributed by atoms with Gasteiger partial charge in [-0.3, -0.25) is 4.79 Å². The number of nitrogens with zero attached hydrogens (tertiary/aromatic N) is 7. The van der Waals surface area contributed by atoms with E-state index in [0.717, 1.165) is 17.1 Å². The summed E-state index contributed by atoms with van der Waals surface area (Å²) in [7, 11) is 0. The first-order chi connectivity index (χ1) is 12.8. The van der Waals surface area contributed by atoms with E-state index in [1.54, 1.807) is 18.3 Å². The van der Waals surface area contributed by atoms with E-state index in [2.05, 4.69) is 30.8 Å². The quantitative estimate of drug-likeness (QED) is 0.647. The van der Waals surface area contributed by atoms with Crippen molar-refractivity contribution in [3.63, 3.8) is 0 Å². The maximum Gasteiger partial charge on any atom is 0.254 e. The summed E-state index contributed by atoms with van der Waals surface area (Å²) >= 11 is 0. The van der Waals surface area contributed by atoms with Crippen LogP contribution in [0, 0.1) is 0 Å². The SMILES string of the molecule is O=C(c1ccn2nnnc2c1)N1CCc2ncnc(NCCO)c2CC1. The van der Waals surface area contributed by atoms with Gasteiger partial charge in [0.15, 0.2) is 5.65 Å². The molecule has 4 rings (SSSR count). The number of aromatic nitrogens is 6. The fourth-order valence-electron chi connectivity index (χ4n) is 3.11. The Labute approximate surface area is 148 Å². The molecule has 3 aromatic heterocycles. The summed E-state index contributed by atoms with van der Waals surface area (Å²) in [6, 6.07) is 3.41. The lowest BCUT2D eigenvalue weighted by atomic mass is 10.1. The Kier molecular flexibility index (Phi) is 4.40. The first-order valence-electron chi connectivity index (χ1n) is 8.41. The number of carbonyl (C=O) groups excluding carboxylic acids is 1. The van der Waals surface area contributed by atoms with Gasteiger partial charge in [-0.25, -0.2) is 14.5 Å². The monoisotopic (exact) mass is 354 g/mol. The van der Waals surface area contributed by atoms with E-state index in [4.69, 9.17) is 5.11 Å². The summed E-state index contributed by atoms with van der Waals surface area (Å²) in [6.07, 6.45) is 4.51. The fourth-order valence-corrected chi connectivity index (χ4v) is 3.11. The van der Waals surface area contributed by atoms with Gasteiger partial charge in [-0.2, -0.15) is 0 Å². The van der Waals surface area contributed by atoms with E-state index < -0.39 is 0 Å². The minimum absolute atomic E-state index is 0.0311. The van der Waals surface area contributed by atoms with Crippen LogP contribution in [-0.2, 0) is 12.8 Å². The van der Waals surface area contributed by atoms with Gasteiger partial charge < -0.3 is 15.3 Å². The largest absolute Gasteiger partial charge is 0.395 e. The van der Waals surface area contributed by atoms with Gasteiger partial charge in [0, 0.05) is 43.4 Å². The molecule has 2 N–H and O–H groups in total. The van der Waals surface area contributed by atoms with Crippen molar-refractivity contribution in [2.24, 2.45) is 0 Å². The van der Waals surface area contributed by atoms with Crippen molar-refractivity contribution in [3.05, 3.63) is 41.5 Å². The van der Waals surface area contributed by atoms with Crippen molar-refractivity contribution in [2.75, 3.05) is 31.6 Å². The zero-order valence-corrected chi connectivity index (χ0v) is 14.0. The molecular weight excluding hydrogens is 336 g/mol. The van der Waals surface area contributed by atoms with Crippen LogP contribution in [-0.4, -0.2) is 72.2 Å². The summed E-state index contributed by atoms with van der Waals surface area (Å²) < 4.78 is 1.52. The Morgan fingerprint density at radius 2 is 2.15 bits per heavy atom. The Bertz CT molecular complexity index is 941. The minimum Gasteiger partial charge on any atom is -0.395 e. The van der Waals surface area contributed by atoms with Crippen molar-refractivity contribution in [3.8, 4) is 0 Å². The number of pyridine rings is 1. The van der Waals surface area contributed by atoms with Gasteiger partial charge in [-0.1, -0.05) is 0 Å². The molecule has 3 aromatic rings. The smallest absolute Gasteiger partial charge is 0.254 e. The van der Waals surface area contributed by atoms with E-state index in [-0.39, 0.29) is 12.5 Å². The number of amides is 1. The van der Waals surface area contributed by atoms with Crippen LogP contribution in [0.5, 0.6) is 0 Å². The van der Waals surface area contributed by atoms with Crippen LogP contribution in [0.25, 0.3) is 5.65 Å². The Balaban J connectivity index is 1.54. The molecule has 1 amide bonds. The molecule has 1 aliphatic heterocycles. The number of rotatable bonds is 4. The molecule has 4 heterocycles. The molecule has 0 saturated heterocycles. The third kappa shape index (κ3) is 3.06. The molecule has 0 bridgehead atoms. The Hall–Kier alpha value is -3.14. The second kappa shape index (κ2) is 7.00. The summed E-state index contributed by atoms with van der Waals surface area (Å²) in [4.78, 5) is 23.3. The van der Waals surface area contributed by atoms with Gasteiger partial charge in [0.1, 0.15) is 12.1 Å². The van der Waals surface area contributed by atoms with Gasteiger partial charge >= 0.3 is 0 Å². The second-order valence-electron chi connectivity index (χ2n) is 5.99. The first kappa shape index (κ1) is 16.3. The molecule has 134 valence electrons. The zero-order valence-electron chi connectivity index (χ0n) is 14.0. The topological polar surface area (TPSA) is 121 Å². The Morgan fingerprint density at radius 1 is 1.27 bits per heavy atom. The van der Waals surface area contributed by atoms with Crippen molar-refractivity contribution in [1.29, 1.82) is 0 Å². The number of fused-ring (bicyclic) bond motifs is 2. The number of hydrogen-bond acceptors (Lipinski definition) is 8. The standard InChI is InChI=1S/C16H18N8O2/c25-8-4-17-15-12-2-5-23(6-3-13(12)18-10-19-15)16(26)11-1-7-24-14(9-11)20-21-22-24/h1,7,9-10,25H,2-6,8H2,(H,17,18,19). The van der Waals surface area contributed by atoms with Crippen molar-refractivity contribution in [1.82, 2.24) is 34.9 Å². The molecule has 0 radical (unpaired) electrons. The molecule has 0 spiro atoms. The summed E-state index contributed by atoms with van der Waals surface area (Å²) in [5.41, 5.74) is 3.04. The molecule has 0 aromatic carbocycles. The third-order valence-electron chi connectivity index (χ3n) is 4.42. The summed E-state index contributed by atoms with van der Waals surface area (Å²) in [6.45, 7) is 1.61.